The average molecular weight is 403 g/mol. The van der Waals surface area contributed by atoms with Crippen LogP contribution in [0.2, 0.25) is 0 Å². The number of hydrogen-bond donors (Lipinski definition) is 2. The minimum absolute atomic E-state index is 0.0691. The van der Waals surface area contributed by atoms with Crippen LogP contribution in [0.3, 0.4) is 0 Å². The molecule has 1 saturated heterocycles. The van der Waals surface area contributed by atoms with Gasteiger partial charge < -0.3 is 20.4 Å². The van der Waals surface area contributed by atoms with Crippen molar-refractivity contribution in [3.63, 3.8) is 0 Å². The van der Waals surface area contributed by atoms with E-state index in [1.165, 1.54) is 0 Å². The van der Waals surface area contributed by atoms with Gasteiger partial charge in [-0.25, -0.2) is 19.7 Å². The SMILES string of the molecule is Cc1nc(Nc2ccccn2)cc(N2CCN(C(=O)Nc3ccccc3C)CC2)n1. The molecule has 2 N–H and O–H groups in total. The van der Waals surface area contributed by atoms with Gasteiger partial charge in [-0.15, -0.1) is 0 Å². The molecule has 4 rings (SSSR count). The van der Waals surface area contributed by atoms with Crippen LogP contribution in [0.25, 0.3) is 0 Å². The van der Waals surface area contributed by atoms with Gasteiger partial charge in [-0.1, -0.05) is 24.3 Å². The molecule has 1 aromatic carbocycles. The lowest BCUT2D eigenvalue weighted by Crippen LogP contribution is -2.50. The van der Waals surface area contributed by atoms with Gasteiger partial charge in [0.25, 0.3) is 0 Å². The Kier molecular flexibility index (Phi) is 5.74. The molecule has 0 bridgehead atoms. The highest BCUT2D eigenvalue weighted by Crippen LogP contribution is 2.21. The molecule has 8 nitrogen and oxygen atoms in total. The Morgan fingerprint density at radius 1 is 0.933 bits per heavy atom. The molecule has 1 aliphatic rings. The lowest BCUT2D eigenvalue weighted by molar-refractivity contribution is 0.208. The van der Waals surface area contributed by atoms with E-state index in [0.29, 0.717) is 37.8 Å². The van der Waals surface area contributed by atoms with E-state index < -0.39 is 0 Å². The molecule has 3 heterocycles. The maximum absolute atomic E-state index is 12.6. The number of benzene rings is 1. The van der Waals surface area contributed by atoms with Crippen molar-refractivity contribution in [2.24, 2.45) is 0 Å². The number of carbonyl (C=O) groups is 1. The van der Waals surface area contributed by atoms with Crippen molar-refractivity contribution in [1.82, 2.24) is 19.9 Å². The lowest BCUT2D eigenvalue weighted by atomic mass is 10.2. The number of nitrogens with zero attached hydrogens (tertiary/aromatic N) is 5. The van der Waals surface area contributed by atoms with Crippen molar-refractivity contribution in [3.8, 4) is 0 Å². The Bertz CT molecular complexity index is 1020. The van der Waals surface area contributed by atoms with Crippen LogP contribution in [-0.4, -0.2) is 52.1 Å². The molecule has 0 radical (unpaired) electrons. The number of piperazine rings is 1. The van der Waals surface area contributed by atoms with Crippen LogP contribution in [0.5, 0.6) is 0 Å². The minimum atomic E-state index is -0.0691. The van der Waals surface area contributed by atoms with E-state index >= 15 is 0 Å². The largest absolute Gasteiger partial charge is 0.353 e. The predicted octanol–water partition coefficient (Wildman–Crippen LogP) is 3.59. The van der Waals surface area contributed by atoms with Crippen molar-refractivity contribution in [3.05, 3.63) is 66.1 Å². The number of para-hydroxylation sites is 1. The summed E-state index contributed by atoms with van der Waals surface area (Å²) >= 11 is 0. The molecule has 8 heteroatoms. The fourth-order valence-corrected chi connectivity index (χ4v) is 3.39. The first kappa shape index (κ1) is 19.6. The molecule has 0 atom stereocenters. The van der Waals surface area contributed by atoms with E-state index in [1.807, 2.05) is 67.3 Å². The van der Waals surface area contributed by atoms with Gasteiger partial charge in [0.2, 0.25) is 0 Å². The number of pyridine rings is 1. The summed E-state index contributed by atoms with van der Waals surface area (Å²) in [6.07, 6.45) is 1.73. The van der Waals surface area contributed by atoms with E-state index in [2.05, 4.69) is 30.5 Å². The molecule has 3 aromatic rings. The third-order valence-electron chi connectivity index (χ3n) is 5.02. The van der Waals surface area contributed by atoms with Crippen molar-refractivity contribution in [2.75, 3.05) is 41.7 Å². The molecule has 0 unspecified atom stereocenters. The fraction of sp³-hybridized carbons (Fsp3) is 0.273. The number of aryl methyl sites for hydroxylation is 2. The Morgan fingerprint density at radius 2 is 1.70 bits per heavy atom. The van der Waals surface area contributed by atoms with Crippen LogP contribution in [0.4, 0.5) is 27.9 Å². The second-order valence-corrected chi connectivity index (χ2v) is 7.22. The van der Waals surface area contributed by atoms with Crippen molar-refractivity contribution < 1.29 is 4.79 Å². The fourth-order valence-electron chi connectivity index (χ4n) is 3.39. The molecule has 0 aliphatic carbocycles. The Morgan fingerprint density at radius 3 is 2.43 bits per heavy atom. The Balaban J connectivity index is 1.39. The molecule has 1 fully saturated rings. The summed E-state index contributed by atoms with van der Waals surface area (Å²) in [6.45, 7) is 6.54. The molecular formula is C22H25N7O. The number of nitrogens with one attached hydrogen (secondary N) is 2. The lowest BCUT2D eigenvalue weighted by Gasteiger charge is -2.35. The number of urea groups is 1. The van der Waals surface area contributed by atoms with Gasteiger partial charge in [0.15, 0.2) is 0 Å². The number of rotatable bonds is 4. The Hall–Kier alpha value is -3.68. The van der Waals surface area contributed by atoms with Crippen LogP contribution >= 0.6 is 0 Å². The van der Waals surface area contributed by atoms with Crippen LogP contribution in [0.15, 0.2) is 54.7 Å². The number of hydrogen-bond acceptors (Lipinski definition) is 6. The van der Waals surface area contributed by atoms with Crippen LogP contribution in [0.1, 0.15) is 11.4 Å². The highest BCUT2D eigenvalue weighted by Gasteiger charge is 2.23. The first-order chi connectivity index (χ1) is 14.6. The average Bonchev–Trinajstić information content (AvgIpc) is 2.76. The van der Waals surface area contributed by atoms with Gasteiger partial charge in [-0.3, -0.25) is 0 Å². The molecule has 0 spiro atoms. The van der Waals surface area contributed by atoms with Crippen LogP contribution in [0, 0.1) is 13.8 Å². The normalized spacial score (nSPS) is 13.8. The summed E-state index contributed by atoms with van der Waals surface area (Å²) in [5.41, 5.74) is 1.90. The summed E-state index contributed by atoms with van der Waals surface area (Å²) in [4.78, 5) is 30.0. The second-order valence-electron chi connectivity index (χ2n) is 7.22. The standard InChI is InChI=1S/C22H25N7O/c1-16-7-3-4-8-18(16)26-22(30)29-13-11-28(12-14-29)21-15-20(24-17(2)25-21)27-19-9-5-6-10-23-19/h3-10,15H,11-14H2,1-2H3,(H,26,30)(H,23,24,25,27). The van der Waals surface area contributed by atoms with E-state index in [-0.39, 0.29) is 6.03 Å². The highest BCUT2D eigenvalue weighted by atomic mass is 16.2. The third kappa shape index (κ3) is 4.65. The Labute approximate surface area is 176 Å². The van der Waals surface area contributed by atoms with Crippen molar-refractivity contribution in [2.45, 2.75) is 13.8 Å². The quantitative estimate of drug-likeness (QED) is 0.692. The summed E-state index contributed by atoms with van der Waals surface area (Å²) in [7, 11) is 0. The molecule has 0 saturated carbocycles. The maximum atomic E-state index is 12.6. The van der Waals surface area contributed by atoms with E-state index in [1.54, 1.807) is 6.20 Å². The topological polar surface area (TPSA) is 86.3 Å². The monoisotopic (exact) mass is 403 g/mol. The van der Waals surface area contributed by atoms with E-state index in [0.717, 1.165) is 22.9 Å². The number of aromatic nitrogens is 3. The first-order valence-corrected chi connectivity index (χ1v) is 9.99. The highest BCUT2D eigenvalue weighted by molar-refractivity contribution is 5.90. The van der Waals surface area contributed by atoms with E-state index in [4.69, 9.17) is 0 Å². The van der Waals surface area contributed by atoms with Gasteiger partial charge in [0.05, 0.1) is 0 Å². The van der Waals surface area contributed by atoms with Gasteiger partial charge in [-0.2, -0.15) is 0 Å². The maximum Gasteiger partial charge on any atom is 0.321 e. The summed E-state index contributed by atoms with van der Waals surface area (Å²) < 4.78 is 0. The van der Waals surface area contributed by atoms with Gasteiger partial charge in [0.1, 0.15) is 23.3 Å². The first-order valence-electron chi connectivity index (χ1n) is 9.99. The zero-order chi connectivity index (χ0) is 20.9. The van der Waals surface area contributed by atoms with Gasteiger partial charge in [0, 0.05) is 44.1 Å². The zero-order valence-corrected chi connectivity index (χ0v) is 17.2. The van der Waals surface area contributed by atoms with Crippen molar-refractivity contribution >= 4 is 29.2 Å². The van der Waals surface area contributed by atoms with Gasteiger partial charge >= 0.3 is 6.03 Å². The molecule has 2 amide bonds. The summed E-state index contributed by atoms with van der Waals surface area (Å²) in [5, 5.41) is 6.23. The molecular weight excluding hydrogens is 378 g/mol. The summed E-state index contributed by atoms with van der Waals surface area (Å²) in [6, 6.07) is 15.3. The predicted molar refractivity (Wildman–Crippen MR) is 118 cm³/mol. The smallest absolute Gasteiger partial charge is 0.321 e. The molecule has 1 aliphatic heterocycles. The summed E-state index contributed by atoms with van der Waals surface area (Å²) in [5.74, 6) is 2.97. The van der Waals surface area contributed by atoms with Crippen LogP contribution < -0.4 is 15.5 Å². The molecule has 154 valence electrons. The molecule has 30 heavy (non-hydrogen) atoms. The van der Waals surface area contributed by atoms with Crippen molar-refractivity contribution in [1.29, 1.82) is 0 Å². The van der Waals surface area contributed by atoms with Crippen LogP contribution in [-0.2, 0) is 0 Å². The number of anilines is 4. The minimum Gasteiger partial charge on any atom is -0.353 e. The molecule has 2 aromatic heterocycles. The van der Waals surface area contributed by atoms with Gasteiger partial charge in [-0.05, 0) is 37.6 Å². The third-order valence-corrected chi connectivity index (χ3v) is 5.02. The van der Waals surface area contributed by atoms with E-state index in [9.17, 15) is 4.79 Å². The number of carbonyl (C=O) groups excluding carboxylic acids is 1. The zero-order valence-electron chi connectivity index (χ0n) is 17.2. The number of amides is 2. The second kappa shape index (κ2) is 8.77.